The van der Waals surface area contributed by atoms with Crippen molar-refractivity contribution >= 4 is 22.8 Å². The summed E-state index contributed by atoms with van der Waals surface area (Å²) < 4.78 is 12.5. The van der Waals surface area contributed by atoms with Crippen LogP contribution in [0.1, 0.15) is 52.0 Å². The summed E-state index contributed by atoms with van der Waals surface area (Å²) in [5.41, 5.74) is 2.46. The Labute approximate surface area is 207 Å². The van der Waals surface area contributed by atoms with Gasteiger partial charge in [-0.15, -0.1) is 0 Å². The van der Waals surface area contributed by atoms with Gasteiger partial charge in [-0.25, -0.2) is 4.98 Å². The molecule has 0 bridgehead atoms. The number of hydrogen-bond donors (Lipinski definition) is 1. The first kappa shape index (κ1) is 26.1. The summed E-state index contributed by atoms with van der Waals surface area (Å²) in [4.78, 5) is 32.8. The Balaban J connectivity index is 1.83. The van der Waals surface area contributed by atoms with Crippen LogP contribution in [0.3, 0.4) is 0 Å². The van der Waals surface area contributed by atoms with E-state index in [0.717, 1.165) is 16.6 Å². The molecule has 0 saturated heterocycles. The van der Waals surface area contributed by atoms with Crippen molar-refractivity contribution in [3.05, 3.63) is 53.9 Å². The van der Waals surface area contributed by atoms with Gasteiger partial charge in [-0.05, 0) is 64.4 Å². The summed E-state index contributed by atoms with van der Waals surface area (Å²) in [5.74, 6) is 1.70. The predicted molar refractivity (Wildman–Crippen MR) is 137 cm³/mol. The van der Waals surface area contributed by atoms with E-state index in [9.17, 15) is 9.59 Å². The highest BCUT2D eigenvalue weighted by atomic mass is 16.5. The molecule has 1 atom stereocenters. The van der Waals surface area contributed by atoms with E-state index in [4.69, 9.17) is 14.5 Å². The standard InChI is InChI=1S/C27H36N4O4/c1-17(2)31(18(3)4)26(33)16-30-22-11-9-8-10-21(22)29-27(30)19(5)28-25(32)15-20-12-13-23(34-6)24(14-20)35-7/h8-14,17-19H,15-16H2,1-7H3,(H,28,32). The first-order valence-corrected chi connectivity index (χ1v) is 11.9. The van der Waals surface area contributed by atoms with Crippen LogP contribution in [-0.2, 0) is 22.6 Å². The summed E-state index contributed by atoms with van der Waals surface area (Å²) in [6.07, 6.45) is 0.179. The summed E-state index contributed by atoms with van der Waals surface area (Å²) in [7, 11) is 3.14. The van der Waals surface area contributed by atoms with Gasteiger partial charge in [0.1, 0.15) is 12.4 Å². The molecule has 0 saturated carbocycles. The molecule has 2 aromatic carbocycles. The average molecular weight is 481 g/mol. The van der Waals surface area contributed by atoms with Crippen LogP contribution in [0.2, 0.25) is 0 Å². The first-order chi connectivity index (χ1) is 16.7. The van der Waals surface area contributed by atoms with Crippen molar-refractivity contribution in [2.75, 3.05) is 14.2 Å². The number of carbonyl (C=O) groups is 2. The molecule has 188 valence electrons. The highest BCUT2D eigenvalue weighted by Gasteiger charge is 2.25. The second-order valence-electron chi connectivity index (χ2n) is 9.19. The highest BCUT2D eigenvalue weighted by Crippen LogP contribution is 2.28. The zero-order valence-corrected chi connectivity index (χ0v) is 21.7. The third-order valence-electron chi connectivity index (χ3n) is 5.96. The van der Waals surface area contributed by atoms with Crippen molar-refractivity contribution in [2.45, 2.75) is 65.7 Å². The van der Waals surface area contributed by atoms with E-state index in [0.29, 0.717) is 17.3 Å². The van der Waals surface area contributed by atoms with Crippen LogP contribution in [0.15, 0.2) is 42.5 Å². The number of imidazole rings is 1. The fourth-order valence-corrected chi connectivity index (χ4v) is 4.51. The SMILES string of the molecule is COc1ccc(CC(=O)NC(C)c2nc3ccccc3n2CC(=O)N(C(C)C)C(C)C)cc1OC. The molecule has 3 aromatic rings. The van der Waals surface area contributed by atoms with Crippen LogP contribution >= 0.6 is 0 Å². The van der Waals surface area contributed by atoms with Crippen LogP contribution in [0, 0.1) is 0 Å². The number of nitrogens with one attached hydrogen (secondary N) is 1. The Morgan fingerprint density at radius 2 is 1.63 bits per heavy atom. The molecule has 8 nitrogen and oxygen atoms in total. The highest BCUT2D eigenvalue weighted by molar-refractivity contribution is 5.82. The van der Waals surface area contributed by atoms with E-state index in [1.165, 1.54) is 0 Å². The normalized spacial score (nSPS) is 12.1. The van der Waals surface area contributed by atoms with E-state index in [1.807, 2.05) is 74.4 Å². The molecule has 35 heavy (non-hydrogen) atoms. The van der Waals surface area contributed by atoms with Gasteiger partial charge in [0.05, 0.1) is 37.7 Å². The Bertz CT molecular complexity index is 1180. The number of hydrogen-bond acceptors (Lipinski definition) is 5. The van der Waals surface area contributed by atoms with Gasteiger partial charge < -0.3 is 24.3 Å². The Morgan fingerprint density at radius 3 is 2.26 bits per heavy atom. The molecular weight excluding hydrogens is 444 g/mol. The van der Waals surface area contributed by atoms with Crippen molar-refractivity contribution in [1.82, 2.24) is 19.8 Å². The number of fused-ring (bicyclic) bond motifs is 1. The quantitative estimate of drug-likeness (QED) is 0.472. The average Bonchev–Trinajstić information content (AvgIpc) is 3.16. The summed E-state index contributed by atoms with van der Waals surface area (Å²) in [5, 5.41) is 3.04. The molecule has 0 spiro atoms. The van der Waals surface area contributed by atoms with Gasteiger partial charge in [0.2, 0.25) is 11.8 Å². The fraction of sp³-hybridized carbons (Fsp3) is 0.444. The molecule has 0 aliphatic rings. The van der Waals surface area contributed by atoms with Crippen LogP contribution in [-0.4, -0.2) is 52.6 Å². The zero-order valence-electron chi connectivity index (χ0n) is 21.7. The monoisotopic (exact) mass is 480 g/mol. The topological polar surface area (TPSA) is 85.7 Å². The molecular formula is C27H36N4O4. The van der Waals surface area contributed by atoms with Crippen LogP contribution in [0.5, 0.6) is 11.5 Å². The lowest BCUT2D eigenvalue weighted by atomic mass is 10.1. The first-order valence-electron chi connectivity index (χ1n) is 11.9. The molecule has 0 aliphatic heterocycles. The number of aromatic nitrogens is 2. The Morgan fingerprint density at radius 1 is 0.971 bits per heavy atom. The molecule has 8 heteroatoms. The maximum absolute atomic E-state index is 13.3. The number of methoxy groups -OCH3 is 2. The van der Waals surface area contributed by atoms with Gasteiger partial charge in [0.25, 0.3) is 0 Å². The third-order valence-corrected chi connectivity index (χ3v) is 5.96. The van der Waals surface area contributed by atoms with Crippen LogP contribution in [0.4, 0.5) is 0 Å². The van der Waals surface area contributed by atoms with Gasteiger partial charge in [0, 0.05) is 12.1 Å². The molecule has 1 unspecified atom stereocenters. The molecule has 3 rings (SSSR count). The third kappa shape index (κ3) is 5.93. The van der Waals surface area contributed by atoms with E-state index in [-0.39, 0.29) is 36.9 Å². The van der Waals surface area contributed by atoms with Gasteiger partial charge in [-0.3, -0.25) is 9.59 Å². The zero-order chi connectivity index (χ0) is 25.7. The molecule has 1 N–H and O–H groups in total. The Hall–Kier alpha value is -3.55. The number of ether oxygens (including phenoxy) is 2. The number of nitrogens with zero attached hydrogens (tertiary/aromatic N) is 3. The van der Waals surface area contributed by atoms with Crippen molar-refractivity contribution < 1.29 is 19.1 Å². The van der Waals surface area contributed by atoms with Crippen molar-refractivity contribution in [1.29, 1.82) is 0 Å². The lowest BCUT2D eigenvalue weighted by Crippen LogP contribution is -2.44. The molecule has 0 aliphatic carbocycles. The molecule has 1 aromatic heterocycles. The number of rotatable bonds is 10. The Kier molecular flexibility index (Phi) is 8.38. The van der Waals surface area contributed by atoms with Crippen LogP contribution < -0.4 is 14.8 Å². The van der Waals surface area contributed by atoms with E-state index >= 15 is 0 Å². The molecule has 1 heterocycles. The number of benzene rings is 2. The predicted octanol–water partition coefficient (Wildman–Crippen LogP) is 4.12. The second-order valence-corrected chi connectivity index (χ2v) is 9.19. The van der Waals surface area contributed by atoms with Crippen molar-refractivity contribution in [3.63, 3.8) is 0 Å². The maximum Gasteiger partial charge on any atom is 0.243 e. The summed E-state index contributed by atoms with van der Waals surface area (Å²) in [6, 6.07) is 12.9. The minimum Gasteiger partial charge on any atom is -0.493 e. The number of para-hydroxylation sites is 2. The van der Waals surface area contributed by atoms with Crippen LogP contribution in [0.25, 0.3) is 11.0 Å². The van der Waals surface area contributed by atoms with Crippen molar-refractivity contribution in [2.24, 2.45) is 0 Å². The fourth-order valence-electron chi connectivity index (χ4n) is 4.51. The smallest absolute Gasteiger partial charge is 0.243 e. The second kappa shape index (κ2) is 11.3. The maximum atomic E-state index is 13.3. The minimum atomic E-state index is -0.394. The molecule has 0 fully saturated rings. The summed E-state index contributed by atoms with van der Waals surface area (Å²) in [6.45, 7) is 10.1. The number of carbonyl (C=O) groups excluding carboxylic acids is 2. The van der Waals surface area contributed by atoms with E-state index in [1.54, 1.807) is 26.4 Å². The van der Waals surface area contributed by atoms with Gasteiger partial charge in [-0.2, -0.15) is 0 Å². The van der Waals surface area contributed by atoms with E-state index < -0.39 is 6.04 Å². The lowest BCUT2D eigenvalue weighted by Gasteiger charge is -2.31. The summed E-state index contributed by atoms with van der Waals surface area (Å²) >= 11 is 0. The molecule has 2 amide bonds. The molecule has 0 radical (unpaired) electrons. The minimum absolute atomic E-state index is 0.0169. The number of amides is 2. The van der Waals surface area contributed by atoms with Crippen molar-refractivity contribution in [3.8, 4) is 11.5 Å². The van der Waals surface area contributed by atoms with Gasteiger partial charge >= 0.3 is 0 Å². The lowest BCUT2D eigenvalue weighted by molar-refractivity contribution is -0.135. The largest absolute Gasteiger partial charge is 0.493 e. The van der Waals surface area contributed by atoms with Gasteiger partial charge in [0.15, 0.2) is 11.5 Å². The van der Waals surface area contributed by atoms with Gasteiger partial charge in [-0.1, -0.05) is 18.2 Å². The van der Waals surface area contributed by atoms with E-state index in [2.05, 4.69) is 5.32 Å².